The number of pyridine rings is 3. The van der Waals surface area contributed by atoms with Crippen molar-refractivity contribution in [1.82, 2.24) is 40.0 Å². The fourth-order valence-electron chi connectivity index (χ4n) is 4.92. The van der Waals surface area contributed by atoms with E-state index in [2.05, 4.69) is 35.0 Å². The molecule has 0 aromatic carbocycles. The first-order valence-corrected chi connectivity index (χ1v) is 11.8. The molecular formula is C26H21FN8O. The molecule has 10 heteroatoms. The van der Waals surface area contributed by atoms with Crippen LogP contribution in [0.4, 0.5) is 4.39 Å². The molecule has 1 fully saturated rings. The van der Waals surface area contributed by atoms with Crippen molar-refractivity contribution < 1.29 is 8.81 Å². The molecule has 1 aliphatic rings. The second-order valence-electron chi connectivity index (χ2n) is 9.03. The first-order chi connectivity index (χ1) is 17.7. The van der Waals surface area contributed by atoms with E-state index in [0.717, 1.165) is 36.3 Å². The average molecular weight is 481 g/mol. The van der Waals surface area contributed by atoms with Gasteiger partial charge in [-0.1, -0.05) is 0 Å². The van der Waals surface area contributed by atoms with Crippen LogP contribution in [0.2, 0.25) is 0 Å². The molecule has 178 valence electrons. The van der Waals surface area contributed by atoms with E-state index < -0.39 is 5.82 Å². The van der Waals surface area contributed by atoms with Gasteiger partial charge in [0.2, 0.25) is 0 Å². The summed E-state index contributed by atoms with van der Waals surface area (Å²) in [6.07, 6.45) is 14.2. The SMILES string of the molecule is Fc1c(-c2cncc(CN3CCCC3)c2)ncc2[nH]nc(-c3nc4c(-c5ccoc5)cncc4[nH]3)c12. The van der Waals surface area contributed by atoms with Gasteiger partial charge in [0, 0.05) is 41.8 Å². The first kappa shape index (κ1) is 20.9. The number of furan rings is 1. The summed E-state index contributed by atoms with van der Waals surface area (Å²) in [7, 11) is 0. The molecule has 0 unspecified atom stereocenters. The number of halogens is 1. The lowest BCUT2D eigenvalue weighted by atomic mass is 10.1. The van der Waals surface area contributed by atoms with Crippen molar-refractivity contribution in [3.8, 4) is 33.9 Å². The Kier molecular flexibility index (Phi) is 4.84. The molecule has 7 heterocycles. The largest absolute Gasteiger partial charge is 0.472 e. The molecule has 7 rings (SSSR count). The maximum Gasteiger partial charge on any atom is 0.161 e. The summed E-state index contributed by atoms with van der Waals surface area (Å²) in [5.74, 6) is -0.0315. The van der Waals surface area contributed by atoms with Gasteiger partial charge < -0.3 is 9.40 Å². The van der Waals surface area contributed by atoms with Crippen molar-refractivity contribution in [2.75, 3.05) is 13.1 Å². The van der Waals surface area contributed by atoms with Gasteiger partial charge in [0.1, 0.15) is 16.9 Å². The molecule has 1 aliphatic heterocycles. The molecule has 0 bridgehead atoms. The Morgan fingerprint density at radius 3 is 2.72 bits per heavy atom. The fraction of sp³-hybridized carbons (Fsp3) is 0.192. The molecule has 0 radical (unpaired) electrons. The summed E-state index contributed by atoms with van der Waals surface area (Å²) < 4.78 is 21.2. The zero-order chi connectivity index (χ0) is 24.1. The minimum Gasteiger partial charge on any atom is -0.472 e. The predicted octanol–water partition coefficient (Wildman–Crippen LogP) is 4.95. The number of rotatable bonds is 5. The highest BCUT2D eigenvalue weighted by molar-refractivity contribution is 5.97. The van der Waals surface area contributed by atoms with Gasteiger partial charge in [0.05, 0.1) is 41.3 Å². The summed E-state index contributed by atoms with van der Waals surface area (Å²) in [5, 5.41) is 7.58. The van der Waals surface area contributed by atoms with Crippen LogP contribution in [-0.2, 0) is 6.54 Å². The average Bonchev–Trinajstić information content (AvgIpc) is 3.70. The minimum absolute atomic E-state index is 0.234. The van der Waals surface area contributed by atoms with Gasteiger partial charge >= 0.3 is 0 Å². The number of fused-ring (bicyclic) bond motifs is 2. The van der Waals surface area contributed by atoms with Gasteiger partial charge in [-0.15, -0.1) is 0 Å². The Labute approximate surface area is 204 Å². The molecular weight excluding hydrogens is 459 g/mol. The Hall–Kier alpha value is -4.44. The zero-order valence-electron chi connectivity index (χ0n) is 19.2. The second-order valence-corrected chi connectivity index (χ2v) is 9.03. The molecule has 0 atom stereocenters. The summed E-state index contributed by atoms with van der Waals surface area (Å²) in [4.78, 5) is 23.4. The third-order valence-corrected chi connectivity index (χ3v) is 6.67. The van der Waals surface area contributed by atoms with Crippen LogP contribution in [0.25, 0.3) is 55.8 Å². The van der Waals surface area contributed by atoms with E-state index in [0.29, 0.717) is 39.0 Å². The summed E-state index contributed by atoms with van der Waals surface area (Å²) in [5.41, 5.74) is 5.86. The normalized spacial score (nSPS) is 14.4. The van der Waals surface area contributed by atoms with E-state index in [1.807, 2.05) is 18.3 Å². The summed E-state index contributed by atoms with van der Waals surface area (Å²) in [6, 6.07) is 3.81. The van der Waals surface area contributed by atoms with E-state index in [1.54, 1.807) is 37.3 Å². The monoisotopic (exact) mass is 480 g/mol. The highest BCUT2D eigenvalue weighted by Gasteiger charge is 2.22. The molecule has 0 amide bonds. The molecule has 1 saturated heterocycles. The Balaban J connectivity index is 1.32. The zero-order valence-corrected chi connectivity index (χ0v) is 19.2. The lowest BCUT2D eigenvalue weighted by Gasteiger charge is -2.14. The van der Waals surface area contributed by atoms with Crippen molar-refractivity contribution in [2.45, 2.75) is 19.4 Å². The molecule has 9 nitrogen and oxygen atoms in total. The number of hydrogen-bond donors (Lipinski definition) is 2. The van der Waals surface area contributed by atoms with Crippen molar-refractivity contribution in [1.29, 1.82) is 0 Å². The van der Waals surface area contributed by atoms with Crippen LogP contribution in [0.3, 0.4) is 0 Å². The van der Waals surface area contributed by atoms with Gasteiger partial charge in [-0.3, -0.25) is 25.0 Å². The second kappa shape index (κ2) is 8.35. The minimum atomic E-state index is -0.468. The van der Waals surface area contributed by atoms with Crippen LogP contribution < -0.4 is 0 Å². The predicted molar refractivity (Wildman–Crippen MR) is 132 cm³/mol. The third kappa shape index (κ3) is 3.45. The number of imidazole rings is 1. The molecule has 2 N–H and O–H groups in total. The molecule has 6 aromatic heterocycles. The van der Waals surface area contributed by atoms with E-state index in [4.69, 9.17) is 9.40 Å². The summed E-state index contributed by atoms with van der Waals surface area (Å²) >= 11 is 0. The number of hydrogen-bond acceptors (Lipinski definition) is 7. The number of aromatic amines is 2. The lowest BCUT2D eigenvalue weighted by Crippen LogP contribution is -2.18. The van der Waals surface area contributed by atoms with Gasteiger partial charge in [-0.2, -0.15) is 5.10 Å². The van der Waals surface area contributed by atoms with Gasteiger partial charge in [0.25, 0.3) is 0 Å². The van der Waals surface area contributed by atoms with Crippen LogP contribution in [-0.4, -0.2) is 53.1 Å². The van der Waals surface area contributed by atoms with Crippen molar-refractivity contribution in [3.05, 3.63) is 67.0 Å². The quantitative estimate of drug-likeness (QED) is 0.359. The van der Waals surface area contributed by atoms with Crippen LogP contribution >= 0.6 is 0 Å². The molecule has 36 heavy (non-hydrogen) atoms. The van der Waals surface area contributed by atoms with Crippen LogP contribution in [0.1, 0.15) is 18.4 Å². The van der Waals surface area contributed by atoms with E-state index in [1.165, 1.54) is 12.8 Å². The van der Waals surface area contributed by atoms with Gasteiger partial charge in [-0.05, 0) is 43.6 Å². The molecule has 0 saturated carbocycles. The van der Waals surface area contributed by atoms with Crippen molar-refractivity contribution in [3.63, 3.8) is 0 Å². The van der Waals surface area contributed by atoms with Crippen molar-refractivity contribution >= 4 is 21.9 Å². The Morgan fingerprint density at radius 1 is 0.972 bits per heavy atom. The smallest absolute Gasteiger partial charge is 0.161 e. The first-order valence-electron chi connectivity index (χ1n) is 11.8. The molecule has 0 spiro atoms. The topological polar surface area (TPSA) is 112 Å². The van der Waals surface area contributed by atoms with Crippen LogP contribution in [0.5, 0.6) is 0 Å². The highest BCUT2D eigenvalue weighted by Crippen LogP contribution is 2.34. The highest BCUT2D eigenvalue weighted by atomic mass is 19.1. The Bertz CT molecular complexity index is 1700. The number of nitrogens with one attached hydrogen (secondary N) is 2. The molecule has 6 aromatic rings. The van der Waals surface area contributed by atoms with E-state index in [9.17, 15) is 0 Å². The molecule has 0 aliphatic carbocycles. The lowest BCUT2D eigenvalue weighted by molar-refractivity contribution is 0.331. The fourth-order valence-corrected chi connectivity index (χ4v) is 4.92. The van der Waals surface area contributed by atoms with Crippen LogP contribution in [0.15, 0.2) is 60.1 Å². The third-order valence-electron chi connectivity index (χ3n) is 6.67. The van der Waals surface area contributed by atoms with E-state index in [-0.39, 0.29) is 5.69 Å². The van der Waals surface area contributed by atoms with Crippen LogP contribution in [0, 0.1) is 5.82 Å². The number of likely N-dealkylation sites (tertiary alicyclic amines) is 1. The number of nitrogens with zero attached hydrogens (tertiary/aromatic N) is 6. The number of aromatic nitrogens is 7. The van der Waals surface area contributed by atoms with Crippen molar-refractivity contribution in [2.24, 2.45) is 0 Å². The maximum atomic E-state index is 16.0. The Morgan fingerprint density at radius 2 is 1.86 bits per heavy atom. The standard InChI is InChI=1S/C26H21FN8O/c27-22-21-19(12-30-23(22)17-7-15(8-28-9-17)13-35-4-1-2-5-35)33-34-25(21)26-31-20-11-29-10-18(24(20)32-26)16-3-6-36-14-16/h3,6-12,14H,1-2,4-5,13H2,(H,31,32)(H,33,34). The maximum absolute atomic E-state index is 16.0. The summed E-state index contributed by atoms with van der Waals surface area (Å²) in [6.45, 7) is 2.96. The van der Waals surface area contributed by atoms with Gasteiger partial charge in [0.15, 0.2) is 11.6 Å². The number of H-pyrrole nitrogens is 2. The van der Waals surface area contributed by atoms with Gasteiger partial charge in [-0.25, -0.2) is 9.37 Å². The van der Waals surface area contributed by atoms with E-state index >= 15 is 4.39 Å².